The number of nitrogens with zero attached hydrogens (tertiary/aromatic N) is 5. The largest absolute Gasteiger partial charge is 0.381 e. The summed E-state index contributed by atoms with van der Waals surface area (Å²) in [5.41, 5.74) is 2.16. The molecule has 156 valence electrons. The molecule has 0 aromatic carbocycles. The van der Waals surface area contributed by atoms with Crippen LogP contribution in [0.5, 0.6) is 0 Å². The van der Waals surface area contributed by atoms with Crippen molar-refractivity contribution in [3.8, 4) is 0 Å². The highest BCUT2D eigenvalue weighted by Gasteiger charge is 2.27. The fraction of sp³-hybridized carbons (Fsp3) is 0.429. The Labute approximate surface area is 179 Å². The Hall–Kier alpha value is -2.71. The zero-order valence-electron chi connectivity index (χ0n) is 16.5. The monoisotopic (exact) mass is 426 g/mol. The van der Waals surface area contributed by atoms with Crippen LogP contribution in [0.4, 0.5) is 5.95 Å². The smallest absolute Gasteiger partial charge is 0.271 e. The van der Waals surface area contributed by atoms with Crippen LogP contribution in [0.15, 0.2) is 36.8 Å². The molecule has 2 aliphatic rings. The summed E-state index contributed by atoms with van der Waals surface area (Å²) in [7, 11) is 0. The molecule has 0 spiro atoms. The van der Waals surface area contributed by atoms with E-state index in [0.717, 1.165) is 50.7 Å². The molecular weight excluding hydrogens is 404 g/mol. The third-order valence-electron chi connectivity index (χ3n) is 5.76. The minimum absolute atomic E-state index is 0.0289. The van der Waals surface area contributed by atoms with Crippen molar-refractivity contribution in [1.29, 1.82) is 0 Å². The number of rotatable bonds is 4. The van der Waals surface area contributed by atoms with E-state index in [2.05, 4.69) is 20.2 Å². The molecular formula is C21H23ClN6O2. The number of aromatic nitrogens is 4. The molecule has 2 aliphatic heterocycles. The zero-order chi connectivity index (χ0) is 20.5. The predicted octanol–water partition coefficient (Wildman–Crippen LogP) is 2.68. The Morgan fingerprint density at radius 1 is 1.13 bits per heavy atom. The molecule has 9 heteroatoms. The van der Waals surface area contributed by atoms with Crippen LogP contribution in [-0.2, 0) is 4.74 Å². The Morgan fingerprint density at radius 2 is 2.00 bits per heavy atom. The lowest BCUT2D eigenvalue weighted by molar-refractivity contribution is 0.0845. The maximum Gasteiger partial charge on any atom is 0.271 e. The number of carbonyl (C=O) groups excluding carboxylic acids is 1. The number of carbonyl (C=O) groups is 1. The van der Waals surface area contributed by atoms with Crippen LogP contribution in [0, 0.1) is 0 Å². The molecule has 5 heterocycles. The van der Waals surface area contributed by atoms with Crippen LogP contribution in [0.1, 0.15) is 41.4 Å². The number of amides is 1. The number of ether oxygens (including phenoxy) is 1. The Bertz CT molecular complexity index is 1060. The Kier molecular flexibility index (Phi) is 5.26. The van der Waals surface area contributed by atoms with Gasteiger partial charge in [-0.3, -0.25) is 4.79 Å². The van der Waals surface area contributed by atoms with E-state index in [-0.39, 0.29) is 11.9 Å². The van der Waals surface area contributed by atoms with Crippen LogP contribution in [0.2, 0.25) is 5.02 Å². The molecule has 2 fully saturated rings. The van der Waals surface area contributed by atoms with Gasteiger partial charge in [-0.15, -0.1) is 0 Å². The van der Waals surface area contributed by atoms with E-state index in [1.807, 2.05) is 12.3 Å². The number of hydrogen-bond acceptors (Lipinski definition) is 6. The molecule has 0 saturated carbocycles. The van der Waals surface area contributed by atoms with Crippen LogP contribution >= 0.6 is 11.6 Å². The summed E-state index contributed by atoms with van der Waals surface area (Å²) < 4.78 is 7.21. The Morgan fingerprint density at radius 3 is 2.87 bits per heavy atom. The van der Waals surface area contributed by atoms with Gasteiger partial charge in [-0.2, -0.15) is 0 Å². The lowest BCUT2D eigenvalue weighted by Crippen LogP contribution is -2.37. The van der Waals surface area contributed by atoms with Crippen LogP contribution in [0.25, 0.3) is 5.65 Å². The number of halogens is 1. The van der Waals surface area contributed by atoms with E-state index in [1.165, 1.54) is 0 Å². The van der Waals surface area contributed by atoms with Gasteiger partial charge in [0.1, 0.15) is 11.3 Å². The lowest BCUT2D eigenvalue weighted by atomic mass is 9.96. The first-order valence-electron chi connectivity index (χ1n) is 10.3. The predicted molar refractivity (Wildman–Crippen MR) is 113 cm³/mol. The number of fused-ring (bicyclic) bond motifs is 1. The first-order chi connectivity index (χ1) is 14.7. The summed E-state index contributed by atoms with van der Waals surface area (Å²) in [6.45, 7) is 3.07. The van der Waals surface area contributed by atoms with Gasteiger partial charge in [0.25, 0.3) is 5.91 Å². The van der Waals surface area contributed by atoms with Gasteiger partial charge in [0.05, 0.1) is 5.02 Å². The highest BCUT2D eigenvalue weighted by atomic mass is 35.5. The highest BCUT2D eigenvalue weighted by Crippen LogP contribution is 2.27. The molecule has 3 aromatic heterocycles. The molecule has 0 radical (unpaired) electrons. The van der Waals surface area contributed by atoms with Gasteiger partial charge < -0.3 is 19.4 Å². The quantitative estimate of drug-likeness (QED) is 0.690. The molecule has 2 saturated heterocycles. The number of hydrogen-bond donors (Lipinski definition) is 1. The van der Waals surface area contributed by atoms with Gasteiger partial charge in [-0.1, -0.05) is 11.6 Å². The third kappa shape index (κ3) is 3.97. The molecule has 1 amide bonds. The van der Waals surface area contributed by atoms with Crippen molar-refractivity contribution in [2.24, 2.45) is 0 Å². The van der Waals surface area contributed by atoms with Crippen LogP contribution in [0.3, 0.4) is 0 Å². The van der Waals surface area contributed by atoms with Crippen molar-refractivity contribution in [1.82, 2.24) is 24.7 Å². The van der Waals surface area contributed by atoms with Crippen molar-refractivity contribution < 1.29 is 9.53 Å². The minimum atomic E-state index is -0.182. The van der Waals surface area contributed by atoms with Crippen molar-refractivity contribution in [2.45, 2.75) is 31.2 Å². The summed E-state index contributed by atoms with van der Waals surface area (Å²) in [5.74, 6) is 0.985. The molecule has 1 unspecified atom stereocenters. The second kappa shape index (κ2) is 8.20. The summed E-state index contributed by atoms with van der Waals surface area (Å²) in [4.78, 5) is 28.5. The van der Waals surface area contributed by atoms with E-state index < -0.39 is 0 Å². The molecule has 1 N–H and O–H groups in total. The highest BCUT2D eigenvalue weighted by molar-refractivity contribution is 6.30. The Balaban J connectivity index is 1.24. The summed E-state index contributed by atoms with van der Waals surface area (Å²) >= 11 is 6.01. The van der Waals surface area contributed by atoms with Crippen LogP contribution < -0.4 is 10.2 Å². The minimum Gasteiger partial charge on any atom is -0.381 e. The van der Waals surface area contributed by atoms with E-state index in [9.17, 15) is 4.79 Å². The topological polar surface area (TPSA) is 84.7 Å². The summed E-state index contributed by atoms with van der Waals surface area (Å²) in [6.07, 6.45) is 8.11. The number of pyridine rings is 1. The number of anilines is 1. The van der Waals surface area contributed by atoms with Gasteiger partial charge in [0.2, 0.25) is 5.95 Å². The van der Waals surface area contributed by atoms with Gasteiger partial charge in [0.15, 0.2) is 0 Å². The standard InChI is InChI=1S/C21H23ClN6O2/c22-15-1-2-19-25-18(13-28(19)11-15)20(29)24-16-4-8-27(12-16)21-23-7-3-17(26-21)14-5-9-30-10-6-14/h1-3,7,11,13-14,16H,4-6,8-10,12H2,(H,24,29). The van der Waals surface area contributed by atoms with Crippen molar-refractivity contribution in [2.75, 3.05) is 31.2 Å². The number of nitrogens with one attached hydrogen (secondary N) is 1. The van der Waals surface area contributed by atoms with E-state index in [1.54, 1.807) is 28.9 Å². The third-order valence-corrected chi connectivity index (χ3v) is 5.98. The van der Waals surface area contributed by atoms with Crippen molar-refractivity contribution in [3.63, 3.8) is 0 Å². The fourth-order valence-electron chi connectivity index (χ4n) is 4.13. The maximum absolute atomic E-state index is 12.7. The molecule has 0 aliphatic carbocycles. The van der Waals surface area contributed by atoms with Gasteiger partial charge in [-0.25, -0.2) is 15.0 Å². The first kappa shape index (κ1) is 19.3. The molecule has 3 aromatic rings. The van der Waals surface area contributed by atoms with Crippen LogP contribution in [-0.4, -0.2) is 57.6 Å². The maximum atomic E-state index is 12.7. The lowest BCUT2D eigenvalue weighted by Gasteiger charge is -2.23. The van der Waals surface area contributed by atoms with Gasteiger partial charge >= 0.3 is 0 Å². The van der Waals surface area contributed by atoms with Gasteiger partial charge in [-0.05, 0) is 37.5 Å². The molecule has 5 rings (SSSR count). The second-order valence-corrected chi connectivity index (χ2v) is 8.25. The van der Waals surface area contributed by atoms with Gasteiger partial charge in [0, 0.05) is 62.5 Å². The first-order valence-corrected chi connectivity index (χ1v) is 10.6. The molecule has 8 nitrogen and oxygen atoms in total. The summed E-state index contributed by atoms with van der Waals surface area (Å²) in [5, 5.41) is 3.69. The van der Waals surface area contributed by atoms with Crippen molar-refractivity contribution >= 4 is 29.1 Å². The average Bonchev–Trinajstić information content (AvgIpc) is 3.41. The normalized spacial score (nSPS) is 20.0. The van der Waals surface area contributed by atoms with E-state index >= 15 is 0 Å². The SMILES string of the molecule is O=C(NC1CCN(c2nccc(C3CCOCC3)n2)C1)c1cn2cc(Cl)ccc2n1. The average molecular weight is 427 g/mol. The molecule has 1 atom stereocenters. The second-order valence-electron chi connectivity index (χ2n) is 7.81. The fourth-order valence-corrected chi connectivity index (χ4v) is 4.30. The van der Waals surface area contributed by atoms with E-state index in [0.29, 0.717) is 28.8 Å². The molecule has 30 heavy (non-hydrogen) atoms. The summed E-state index contributed by atoms with van der Waals surface area (Å²) in [6, 6.07) is 5.58. The van der Waals surface area contributed by atoms with E-state index in [4.69, 9.17) is 21.3 Å². The zero-order valence-corrected chi connectivity index (χ0v) is 17.3. The molecule has 0 bridgehead atoms. The number of imidazole rings is 1. The van der Waals surface area contributed by atoms with Crippen molar-refractivity contribution in [3.05, 3.63) is 53.2 Å².